The summed E-state index contributed by atoms with van der Waals surface area (Å²) < 4.78 is 0. The minimum atomic E-state index is 0.0718. The maximum atomic E-state index is 12.3. The topological polar surface area (TPSA) is 61.4 Å². The van der Waals surface area contributed by atoms with E-state index in [2.05, 4.69) is 20.2 Å². The third-order valence-corrected chi connectivity index (χ3v) is 5.10. The van der Waals surface area contributed by atoms with Gasteiger partial charge in [0.25, 0.3) is 0 Å². The molecule has 0 aromatic carbocycles. The normalized spacial score (nSPS) is 18.2. The zero-order valence-corrected chi connectivity index (χ0v) is 14.9. The van der Waals surface area contributed by atoms with E-state index in [0.717, 1.165) is 37.2 Å². The number of carbonyl (C=O) groups is 1. The van der Waals surface area contributed by atoms with E-state index in [1.807, 2.05) is 19.0 Å². The van der Waals surface area contributed by atoms with Crippen molar-refractivity contribution >= 4 is 23.4 Å². The molecule has 0 bridgehead atoms. The van der Waals surface area contributed by atoms with Crippen molar-refractivity contribution in [3.05, 3.63) is 6.20 Å². The van der Waals surface area contributed by atoms with Crippen LogP contribution < -0.4 is 15.1 Å². The van der Waals surface area contributed by atoms with E-state index in [-0.39, 0.29) is 5.91 Å². The third kappa shape index (κ3) is 4.16. The molecule has 0 unspecified atom stereocenters. The van der Waals surface area contributed by atoms with Crippen molar-refractivity contribution in [1.29, 1.82) is 0 Å². The summed E-state index contributed by atoms with van der Waals surface area (Å²) in [6.45, 7) is 2.03. The Morgan fingerprint density at radius 1 is 1.25 bits per heavy atom. The molecule has 2 aliphatic rings. The number of anilines is 3. The average Bonchev–Trinajstić information content (AvgIpc) is 3.26. The largest absolute Gasteiger partial charge is 0.361 e. The minimum absolute atomic E-state index is 0.0718. The lowest BCUT2D eigenvalue weighted by Gasteiger charge is -2.21. The van der Waals surface area contributed by atoms with Gasteiger partial charge in [-0.2, -0.15) is 4.98 Å². The molecule has 1 N–H and O–H groups in total. The number of hydrogen-bond donors (Lipinski definition) is 1. The highest BCUT2D eigenvalue weighted by Crippen LogP contribution is 2.29. The highest BCUT2D eigenvalue weighted by atomic mass is 16.1. The van der Waals surface area contributed by atoms with Crippen LogP contribution in [0.25, 0.3) is 0 Å². The Balaban J connectivity index is 1.63. The quantitative estimate of drug-likeness (QED) is 0.868. The van der Waals surface area contributed by atoms with Gasteiger partial charge >= 0.3 is 0 Å². The summed E-state index contributed by atoms with van der Waals surface area (Å²) in [4.78, 5) is 25.6. The van der Waals surface area contributed by atoms with E-state index in [1.165, 1.54) is 38.5 Å². The van der Waals surface area contributed by atoms with E-state index in [4.69, 9.17) is 0 Å². The van der Waals surface area contributed by atoms with Crippen LogP contribution in [0.4, 0.5) is 17.5 Å². The first-order valence-corrected chi connectivity index (χ1v) is 9.22. The average molecular weight is 331 g/mol. The van der Waals surface area contributed by atoms with Gasteiger partial charge in [0.05, 0.1) is 6.20 Å². The van der Waals surface area contributed by atoms with Crippen LogP contribution in [0, 0.1) is 5.92 Å². The highest BCUT2D eigenvalue weighted by Gasteiger charge is 2.20. The van der Waals surface area contributed by atoms with Crippen molar-refractivity contribution in [2.75, 3.05) is 42.3 Å². The first kappa shape index (κ1) is 17.0. The van der Waals surface area contributed by atoms with Gasteiger partial charge in [-0.1, -0.05) is 25.7 Å². The van der Waals surface area contributed by atoms with Crippen LogP contribution in [0.15, 0.2) is 6.20 Å². The van der Waals surface area contributed by atoms with Crippen molar-refractivity contribution in [2.45, 2.75) is 51.4 Å². The number of carbonyl (C=O) groups excluding carboxylic acids is 1. The number of nitrogens with zero attached hydrogens (tertiary/aromatic N) is 4. The molecule has 1 aliphatic carbocycles. The molecule has 1 amide bonds. The van der Waals surface area contributed by atoms with E-state index < -0.39 is 0 Å². The molecule has 24 heavy (non-hydrogen) atoms. The molecule has 1 aliphatic heterocycles. The molecule has 0 spiro atoms. The maximum absolute atomic E-state index is 12.3. The fourth-order valence-corrected chi connectivity index (χ4v) is 3.71. The van der Waals surface area contributed by atoms with Gasteiger partial charge < -0.3 is 15.1 Å². The van der Waals surface area contributed by atoms with Crippen LogP contribution in [0.3, 0.4) is 0 Å². The van der Waals surface area contributed by atoms with E-state index in [0.29, 0.717) is 12.1 Å². The molecule has 1 aromatic heterocycles. The molecule has 0 atom stereocenters. The van der Waals surface area contributed by atoms with Crippen LogP contribution in [0.2, 0.25) is 0 Å². The van der Waals surface area contributed by atoms with Crippen LogP contribution in [-0.4, -0.2) is 43.1 Å². The van der Waals surface area contributed by atoms with E-state index >= 15 is 0 Å². The monoisotopic (exact) mass is 331 g/mol. The number of nitrogens with one attached hydrogen (secondary N) is 1. The molecule has 1 saturated carbocycles. The molecule has 132 valence electrons. The second kappa shape index (κ2) is 7.81. The Labute approximate surface area is 144 Å². The summed E-state index contributed by atoms with van der Waals surface area (Å²) >= 11 is 0. The zero-order chi connectivity index (χ0) is 16.9. The molecule has 0 radical (unpaired) electrons. The molecule has 3 rings (SSSR count). The Morgan fingerprint density at radius 2 is 1.96 bits per heavy atom. The van der Waals surface area contributed by atoms with Gasteiger partial charge in [0.1, 0.15) is 5.69 Å². The molecule has 1 saturated heterocycles. The number of amides is 1. The van der Waals surface area contributed by atoms with Crippen LogP contribution in [-0.2, 0) is 4.79 Å². The summed E-state index contributed by atoms with van der Waals surface area (Å²) in [6, 6.07) is 0. The van der Waals surface area contributed by atoms with Crippen molar-refractivity contribution < 1.29 is 4.79 Å². The number of rotatable bonds is 6. The lowest BCUT2D eigenvalue weighted by molar-refractivity contribution is -0.116. The molecule has 6 heteroatoms. The minimum Gasteiger partial charge on any atom is -0.361 e. The first-order valence-electron chi connectivity index (χ1n) is 9.22. The summed E-state index contributed by atoms with van der Waals surface area (Å²) in [5.41, 5.74) is 0.708. The van der Waals surface area contributed by atoms with E-state index in [1.54, 1.807) is 6.20 Å². The summed E-state index contributed by atoms with van der Waals surface area (Å²) in [6.07, 6.45) is 10.9. The van der Waals surface area contributed by atoms with Gasteiger partial charge in [-0.05, 0) is 25.2 Å². The predicted molar refractivity (Wildman–Crippen MR) is 97.6 cm³/mol. The Bertz CT molecular complexity index is 563. The second-order valence-electron chi connectivity index (χ2n) is 7.23. The lowest BCUT2D eigenvalue weighted by Crippen LogP contribution is -2.23. The fraction of sp³-hybridized carbons (Fsp3) is 0.722. The molecule has 1 aromatic rings. The van der Waals surface area contributed by atoms with Crippen LogP contribution >= 0.6 is 0 Å². The molecular weight excluding hydrogens is 302 g/mol. The summed E-state index contributed by atoms with van der Waals surface area (Å²) in [5.74, 6) is 2.35. The van der Waals surface area contributed by atoms with Crippen molar-refractivity contribution in [3.63, 3.8) is 0 Å². The second-order valence-corrected chi connectivity index (χ2v) is 7.23. The van der Waals surface area contributed by atoms with Crippen LogP contribution in [0.5, 0.6) is 0 Å². The standard InChI is InChI=1S/C18H29N5O/c1-22(2)17-15(13-19-18(21-17)23-11-5-6-12-23)20-16(24)10-9-14-7-3-4-8-14/h13-14H,3-12H2,1-2H3,(H,20,24). The zero-order valence-electron chi connectivity index (χ0n) is 14.9. The van der Waals surface area contributed by atoms with Gasteiger partial charge in [-0.25, -0.2) is 4.98 Å². The fourth-order valence-electron chi connectivity index (χ4n) is 3.71. The summed E-state index contributed by atoms with van der Waals surface area (Å²) in [7, 11) is 3.90. The van der Waals surface area contributed by atoms with Gasteiger partial charge in [0.15, 0.2) is 5.82 Å². The Morgan fingerprint density at radius 3 is 2.62 bits per heavy atom. The van der Waals surface area contributed by atoms with Gasteiger partial charge in [-0.3, -0.25) is 4.79 Å². The van der Waals surface area contributed by atoms with Crippen molar-refractivity contribution in [2.24, 2.45) is 5.92 Å². The Hall–Kier alpha value is -1.85. The molecule has 2 heterocycles. The molecule has 6 nitrogen and oxygen atoms in total. The van der Waals surface area contributed by atoms with Gasteiger partial charge in [0.2, 0.25) is 11.9 Å². The third-order valence-electron chi connectivity index (χ3n) is 5.10. The van der Waals surface area contributed by atoms with Gasteiger partial charge in [0, 0.05) is 33.6 Å². The smallest absolute Gasteiger partial charge is 0.227 e. The SMILES string of the molecule is CN(C)c1nc(N2CCCC2)ncc1NC(=O)CCC1CCCC1. The van der Waals surface area contributed by atoms with Crippen molar-refractivity contribution in [3.8, 4) is 0 Å². The Kier molecular flexibility index (Phi) is 5.53. The maximum Gasteiger partial charge on any atom is 0.227 e. The molecular formula is C18H29N5O. The van der Waals surface area contributed by atoms with Crippen molar-refractivity contribution in [1.82, 2.24) is 9.97 Å². The lowest BCUT2D eigenvalue weighted by atomic mass is 10.0. The first-order chi connectivity index (χ1) is 11.6. The number of hydrogen-bond acceptors (Lipinski definition) is 5. The highest BCUT2D eigenvalue weighted by molar-refractivity contribution is 5.93. The van der Waals surface area contributed by atoms with Crippen LogP contribution in [0.1, 0.15) is 51.4 Å². The summed E-state index contributed by atoms with van der Waals surface area (Å²) in [5, 5.41) is 3.01. The van der Waals surface area contributed by atoms with E-state index in [9.17, 15) is 4.79 Å². The molecule has 2 fully saturated rings. The predicted octanol–water partition coefficient (Wildman–Crippen LogP) is 3.05. The van der Waals surface area contributed by atoms with Gasteiger partial charge in [-0.15, -0.1) is 0 Å². The number of aromatic nitrogens is 2.